The number of esters is 1. The van der Waals surface area contributed by atoms with Crippen molar-refractivity contribution in [1.29, 1.82) is 0 Å². The number of hydrogen-bond acceptors (Lipinski definition) is 5. The van der Waals surface area contributed by atoms with Crippen molar-refractivity contribution in [3.8, 4) is 11.1 Å². The second-order valence-corrected chi connectivity index (χ2v) is 6.86. The molecule has 1 aliphatic heterocycles. The van der Waals surface area contributed by atoms with Crippen LogP contribution in [0.2, 0.25) is 0 Å². The van der Waals surface area contributed by atoms with Gasteiger partial charge in [0.2, 0.25) is 0 Å². The molecule has 1 N–H and O–H groups in total. The lowest BCUT2D eigenvalue weighted by Gasteiger charge is -2.14. The maximum absolute atomic E-state index is 12.3. The summed E-state index contributed by atoms with van der Waals surface area (Å²) in [6.45, 7) is -0.894. The molecular weight excluding hydrogens is 396 g/mol. The zero-order valence-electron chi connectivity index (χ0n) is 16.4. The summed E-state index contributed by atoms with van der Waals surface area (Å²) in [5.41, 5.74) is 2.95. The first-order valence-corrected chi connectivity index (χ1v) is 9.59. The van der Waals surface area contributed by atoms with E-state index < -0.39 is 30.4 Å². The molecule has 0 bridgehead atoms. The van der Waals surface area contributed by atoms with E-state index in [0.29, 0.717) is 5.56 Å². The Kier molecular flexibility index (Phi) is 5.57. The second kappa shape index (κ2) is 8.62. The third kappa shape index (κ3) is 4.20. The van der Waals surface area contributed by atoms with Gasteiger partial charge in [0.25, 0.3) is 17.7 Å². The zero-order chi connectivity index (χ0) is 21.8. The van der Waals surface area contributed by atoms with E-state index >= 15 is 0 Å². The molecule has 0 radical (unpaired) electrons. The Hall–Kier alpha value is -4.26. The second-order valence-electron chi connectivity index (χ2n) is 6.86. The molecule has 0 atom stereocenters. The van der Waals surface area contributed by atoms with Gasteiger partial charge in [0, 0.05) is 5.56 Å². The molecule has 0 saturated heterocycles. The molecule has 1 heterocycles. The van der Waals surface area contributed by atoms with Crippen LogP contribution >= 0.6 is 0 Å². The third-order valence-corrected chi connectivity index (χ3v) is 4.88. The van der Waals surface area contributed by atoms with Crippen LogP contribution in [0.4, 0.5) is 0 Å². The molecule has 7 heteroatoms. The van der Waals surface area contributed by atoms with E-state index in [-0.39, 0.29) is 17.7 Å². The summed E-state index contributed by atoms with van der Waals surface area (Å²) in [5, 5.41) is 2.47. The SMILES string of the molecule is O=C(CNC(=O)c1ccc(-c2ccccc2)cc1)OCN1C(=O)c2ccccc2C1=O. The van der Waals surface area contributed by atoms with Crippen LogP contribution < -0.4 is 5.32 Å². The molecule has 4 rings (SSSR count). The van der Waals surface area contributed by atoms with Crippen LogP contribution in [0.5, 0.6) is 0 Å². The molecule has 154 valence electrons. The van der Waals surface area contributed by atoms with Crippen LogP contribution in [0, 0.1) is 0 Å². The average molecular weight is 414 g/mol. The van der Waals surface area contributed by atoms with Gasteiger partial charge in [-0.3, -0.25) is 19.2 Å². The van der Waals surface area contributed by atoms with Gasteiger partial charge in [-0.2, -0.15) is 0 Å². The fourth-order valence-electron chi connectivity index (χ4n) is 3.24. The Morgan fingerprint density at radius 2 is 1.29 bits per heavy atom. The number of nitrogens with zero attached hydrogens (tertiary/aromatic N) is 1. The predicted molar refractivity (Wildman–Crippen MR) is 112 cm³/mol. The molecule has 0 fully saturated rings. The van der Waals surface area contributed by atoms with Gasteiger partial charge in [-0.1, -0.05) is 54.6 Å². The van der Waals surface area contributed by atoms with Crippen LogP contribution in [-0.2, 0) is 9.53 Å². The normalized spacial score (nSPS) is 12.5. The summed E-state index contributed by atoms with van der Waals surface area (Å²) < 4.78 is 4.99. The van der Waals surface area contributed by atoms with Crippen molar-refractivity contribution in [3.05, 3.63) is 95.6 Å². The quantitative estimate of drug-likeness (QED) is 0.495. The summed E-state index contributed by atoms with van der Waals surface area (Å²) in [5.74, 6) is -2.23. The smallest absolute Gasteiger partial charge is 0.327 e. The van der Waals surface area contributed by atoms with E-state index in [2.05, 4.69) is 5.32 Å². The first-order valence-electron chi connectivity index (χ1n) is 9.59. The van der Waals surface area contributed by atoms with Gasteiger partial charge < -0.3 is 10.1 Å². The van der Waals surface area contributed by atoms with E-state index in [1.807, 2.05) is 42.5 Å². The van der Waals surface area contributed by atoms with E-state index in [1.54, 1.807) is 36.4 Å². The van der Waals surface area contributed by atoms with Crippen molar-refractivity contribution in [2.24, 2.45) is 0 Å². The summed E-state index contributed by atoms with van der Waals surface area (Å²) in [4.78, 5) is 49.6. The van der Waals surface area contributed by atoms with Crippen LogP contribution in [0.3, 0.4) is 0 Å². The number of fused-ring (bicyclic) bond motifs is 1. The van der Waals surface area contributed by atoms with Crippen LogP contribution in [0.15, 0.2) is 78.9 Å². The van der Waals surface area contributed by atoms with Crippen molar-refractivity contribution in [2.45, 2.75) is 0 Å². The van der Waals surface area contributed by atoms with Crippen molar-refractivity contribution in [3.63, 3.8) is 0 Å². The number of nitrogens with one attached hydrogen (secondary N) is 1. The molecule has 7 nitrogen and oxygen atoms in total. The Balaban J connectivity index is 1.28. The lowest BCUT2D eigenvalue weighted by molar-refractivity contribution is -0.145. The fourth-order valence-corrected chi connectivity index (χ4v) is 3.24. The fraction of sp³-hybridized carbons (Fsp3) is 0.0833. The highest BCUT2D eigenvalue weighted by Gasteiger charge is 2.35. The van der Waals surface area contributed by atoms with Gasteiger partial charge in [0.05, 0.1) is 11.1 Å². The minimum Gasteiger partial charge on any atom is -0.442 e. The Morgan fingerprint density at radius 1 is 0.742 bits per heavy atom. The molecule has 0 aromatic heterocycles. The number of imide groups is 1. The minimum atomic E-state index is -0.759. The average Bonchev–Trinajstić information content (AvgIpc) is 3.06. The summed E-state index contributed by atoms with van der Waals surface area (Å²) in [6.07, 6.45) is 0. The summed E-state index contributed by atoms with van der Waals surface area (Å²) in [7, 11) is 0. The molecule has 0 spiro atoms. The monoisotopic (exact) mass is 414 g/mol. The van der Waals surface area contributed by atoms with E-state index in [9.17, 15) is 19.2 Å². The number of rotatable bonds is 6. The van der Waals surface area contributed by atoms with Gasteiger partial charge >= 0.3 is 5.97 Å². The summed E-state index contributed by atoms with van der Waals surface area (Å²) in [6, 6.07) is 23.1. The largest absolute Gasteiger partial charge is 0.442 e. The van der Waals surface area contributed by atoms with E-state index in [0.717, 1.165) is 16.0 Å². The zero-order valence-corrected chi connectivity index (χ0v) is 16.4. The first-order chi connectivity index (χ1) is 15.0. The van der Waals surface area contributed by atoms with Crippen molar-refractivity contribution in [2.75, 3.05) is 13.3 Å². The maximum atomic E-state index is 12.3. The molecule has 0 unspecified atom stereocenters. The Bertz CT molecular complexity index is 1120. The first kappa shape index (κ1) is 20.0. The highest BCUT2D eigenvalue weighted by Crippen LogP contribution is 2.22. The van der Waals surface area contributed by atoms with Gasteiger partial charge in [-0.25, -0.2) is 4.90 Å². The Morgan fingerprint density at radius 3 is 1.90 bits per heavy atom. The van der Waals surface area contributed by atoms with Crippen molar-refractivity contribution >= 4 is 23.7 Å². The number of carbonyl (C=O) groups is 4. The van der Waals surface area contributed by atoms with Gasteiger partial charge in [-0.05, 0) is 35.4 Å². The molecule has 31 heavy (non-hydrogen) atoms. The van der Waals surface area contributed by atoms with Crippen LogP contribution in [0.25, 0.3) is 11.1 Å². The predicted octanol–water partition coefficient (Wildman–Crippen LogP) is 2.88. The third-order valence-electron chi connectivity index (χ3n) is 4.88. The number of carbonyl (C=O) groups excluding carboxylic acids is 4. The summed E-state index contributed by atoms with van der Waals surface area (Å²) >= 11 is 0. The maximum Gasteiger partial charge on any atom is 0.327 e. The molecular formula is C24H18N2O5. The van der Waals surface area contributed by atoms with Crippen molar-refractivity contribution < 1.29 is 23.9 Å². The topological polar surface area (TPSA) is 92.8 Å². The van der Waals surface area contributed by atoms with Gasteiger partial charge in [-0.15, -0.1) is 0 Å². The van der Waals surface area contributed by atoms with Crippen LogP contribution in [0.1, 0.15) is 31.1 Å². The standard InChI is InChI=1S/C24H18N2O5/c27-21(31-15-26-23(29)19-8-4-5-9-20(19)24(26)30)14-25-22(28)18-12-10-17(11-13-18)16-6-2-1-3-7-16/h1-13H,14-15H2,(H,25,28). The highest BCUT2D eigenvalue weighted by atomic mass is 16.5. The number of ether oxygens (including phenoxy) is 1. The van der Waals surface area contributed by atoms with Gasteiger partial charge in [0.1, 0.15) is 6.54 Å². The molecule has 3 amide bonds. The molecule has 0 saturated carbocycles. The lowest BCUT2D eigenvalue weighted by atomic mass is 10.0. The number of hydrogen-bond donors (Lipinski definition) is 1. The minimum absolute atomic E-state index is 0.274. The number of benzene rings is 3. The Labute approximate surface area is 178 Å². The van der Waals surface area contributed by atoms with E-state index in [1.165, 1.54) is 0 Å². The van der Waals surface area contributed by atoms with Crippen molar-refractivity contribution in [1.82, 2.24) is 10.2 Å². The molecule has 3 aromatic rings. The number of amides is 3. The van der Waals surface area contributed by atoms with Crippen LogP contribution in [-0.4, -0.2) is 41.9 Å². The van der Waals surface area contributed by atoms with E-state index in [4.69, 9.17) is 4.74 Å². The molecule has 0 aliphatic carbocycles. The molecule has 1 aliphatic rings. The highest BCUT2D eigenvalue weighted by molar-refractivity contribution is 6.21. The van der Waals surface area contributed by atoms with Gasteiger partial charge in [0.15, 0.2) is 6.73 Å². The molecule has 3 aromatic carbocycles. The lowest BCUT2D eigenvalue weighted by Crippen LogP contribution is -2.36.